The number of anilines is 2. The maximum atomic E-state index is 7.33. The molecule has 6 aromatic rings. The normalized spacial score (nSPS) is 19.2. The number of nitrogens with zero attached hydrogens (tertiary/aromatic N) is 2. The van der Waals surface area contributed by atoms with Gasteiger partial charge in [-0.05, 0) is 0 Å². The number of benzene rings is 6. The van der Waals surface area contributed by atoms with Crippen LogP contribution in [0.25, 0.3) is 11.5 Å². The van der Waals surface area contributed by atoms with Crippen LogP contribution in [0.3, 0.4) is 0 Å². The number of rotatable bonds is 8. The first-order valence-electron chi connectivity index (χ1n) is 16.1. The summed E-state index contributed by atoms with van der Waals surface area (Å²) in [6.45, 7) is 8.87. The molecule has 248 valence electrons. The van der Waals surface area contributed by atoms with E-state index < -0.39 is 15.2 Å². The quantitative estimate of drug-likeness (QED) is 0.115. The average molecular weight is 699 g/mol. The summed E-state index contributed by atoms with van der Waals surface area (Å²) in [4.78, 5) is 0. The molecular formula is C40H32N2O6P2. The van der Waals surface area contributed by atoms with E-state index in [9.17, 15) is 0 Å². The molecule has 3 aliphatic heterocycles. The second-order valence-corrected chi connectivity index (χ2v) is 18.4. The van der Waals surface area contributed by atoms with Crippen molar-refractivity contribution in [1.29, 1.82) is 0 Å². The molecule has 3 heterocycles. The number of hydrogen-bond donors (Lipinski definition) is 0. The van der Waals surface area contributed by atoms with Crippen LogP contribution in [0, 0.1) is 0 Å². The van der Waals surface area contributed by atoms with Crippen LogP contribution in [0.5, 0.6) is 23.0 Å². The van der Waals surface area contributed by atoms with Crippen LogP contribution in [-0.2, 0) is 9.05 Å². The fourth-order valence-electron chi connectivity index (χ4n) is 6.71. The summed E-state index contributed by atoms with van der Waals surface area (Å²) >= 11 is 0. The van der Waals surface area contributed by atoms with Crippen LogP contribution in [0.2, 0.25) is 0 Å². The number of hydrogen-bond acceptors (Lipinski definition) is 8. The van der Waals surface area contributed by atoms with Gasteiger partial charge in [0.1, 0.15) is 0 Å². The molecule has 0 amide bonds. The van der Waals surface area contributed by atoms with Crippen molar-refractivity contribution in [1.82, 2.24) is 0 Å². The van der Waals surface area contributed by atoms with Crippen LogP contribution in [-0.4, -0.2) is 0 Å². The first kappa shape index (κ1) is 30.1. The monoisotopic (exact) mass is 698 g/mol. The molecule has 0 bridgehead atoms. The van der Waals surface area contributed by atoms with Gasteiger partial charge in [-0.25, -0.2) is 0 Å². The standard InChI is InChI=1S/C40H32N2O6P2/c1-31(33-19-7-3-8-20-33)43-49(45-37-27-15-16-28-38(37)46-49)41(35-23-11-5-12-24-35)50(42(49)36-25-13-6-14-26-36,44-32(2)34-21-9-4-10-22-34)47-39-29-17-18-30-40(39)48-50/h3-30H,1-2H2. The summed E-state index contributed by atoms with van der Waals surface area (Å²) in [5, 5.41) is 0. The molecule has 1 fully saturated rings. The van der Waals surface area contributed by atoms with E-state index >= 15 is 0 Å². The Morgan fingerprint density at radius 1 is 0.380 bits per heavy atom. The third-order valence-corrected chi connectivity index (χ3v) is 18.8. The third-order valence-electron chi connectivity index (χ3n) is 8.68. The van der Waals surface area contributed by atoms with E-state index in [1.165, 1.54) is 0 Å². The molecule has 6 aromatic carbocycles. The zero-order valence-corrected chi connectivity index (χ0v) is 28.6. The van der Waals surface area contributed by atoms with E-state index in [1.54, 1.807) is 0 Å². The van der Waals surface area contributed by atoms with Gasteiger partial charge in [0.2, 0.25) is 0 Å². The van der Waals surface area contributed by atoms with Crippen molar-refractivity contribution in [3.63, 3.8) is 0 Å². The van der Waals surface area contributed by atoms with Gasteiger partial charge in [0.25, 0.3) is 0 Å². The molecule has 50 heavy (non-hydrogen) atoms. The molecule has 8 nitrogen and oxygen atoms in total. The van der Waals surface area contributed by atoms with Crippen molar-refractivity contribution < 1.29 is 27.1 Å². The molecule has 2 spiro atoms. The Hall–Kier alpha value is -5.94. The van der Waals surface area contributed by atoms with Crippen LogP contribution in [0.1, 0.15) is 11.1 Å². The Morgan fingerprint density at radius 3 is 0.940 bits per heavy atom. The van der Waals surface area contributed by atoms with Gasteiger partial charge >= 0.3 is 291 Å². The second kappa shape index (κ2) is 10.8. The minimum absolute atomic E-state index is 0.313. The first-order valence-corrected chi connectivity index (χ1v) is 19.9. The number of para-hydroxylation sites is 6. The summed E-state index contributed by atoms with van der Waals surface area (Å²) in [6.07, 6.45) is 0. The molecule has 1 saturated heterocycles. The van der Waals surface area contributed by atoms with Gasteiger partial charge < -0.3 is 0 Å². The summed E-state index contributed by atoms with van der Waals surface area (Å²) in [5.74, 6) is 2.53. The van der Waals surface area contributed by atoms with E-state index in [-0.39, 0.29) is 0 Å². The zero-order chi connectivity index (χ0) is 33.9. The average Bonchev–Trinajstić information content (AvgIpc) is 3.68. The van der Waals surface area contributed by atoms with Gasteiger partial charge in [0.15, 0.2) is 0 Å². The Morgan fingerprint density at radius 2 is 0.640 bits per heavy atom. The molecule has 0 atom stereocenters. The van der Waals surface area contributed by atoms with E-state index in [4.69, 9.17) is 27.1 Å². The van der Waals surface area contributed by atoms with Gasteiger partial charge in [-0.3, -0.25) is 0 Å². The molecular weight excluding hydrogens is 666 g/mol. The summed E-state index contributed by atoms with van der Waals surface area (Å²) < 4.78 is 47.5. The Kier molecular flexibility index (Phi) is 6.50. The van der Waals surface area contributed by atoms with E-state index in [0.717, 1.165) is 11.1 Å². The SMILES string of the molecule is C=C(OP12(Oc3ccccc3O1)N(c1ccccc1)P1(OC(=C)c3ccccc3)(Oc3ccccc3O1)N2c1ccccc1)c1ccccc1. The second-order valence-electron chi connectivity index (χ2n) is 11.9. The Balaban J connectivity index is 1.39. The van der Waals surface area contributed by atoms with Crippen molar-refractivity contribution in [2.45, 2.75) is 0 Å². The predicted molar refractivity (Wildman–Crippen MR) is 200 cm³/mol. The molecule has 0 aromatic heterocycles. The first-order chi connectivity index (χ1) is 24.4. The van der Waals surface area contributed by atoms with E-state index in [0.29, 0.717) is 45.9 Å². The summed E-state index contributed by atoms with van der Waals surface area (Å²) in [6, 6.07) is 53.5. The fraction of sp³-hybridized carbons (Fsp3) is 0. The third kappa shape index (κ3) is 4.07. The Labute approximate surface area is 290 Å². The van der Waals surface area contributed by atoms with Crippen molar-refractivity contribution in [2.24, 2.45) is 0 Å². The fourth-order valence-corrected chi connectivity index (χ4v) is 18.9. The van der Waals surface area contributed by atoms with Gasteiger partial charge in [-0.1, -0.05) is 0 Å². The van der Waals surface area contributed by atoms with E-state index in [2.05, 4.69) is 13.2 Å². The molecule has 0 N–H and O–H groups in total. The molecule has 9 rings (SSSR count). The predicted octanol–water partition coefficient (Wildman–Crippen LogP) is 11.6. The zero-order valence-electron chi connectivity index (χ0n) is 26.8. The maximum absolute atomic E-state index is 7.33. The molecule has 10 heteroatoms. The Bertz CT molecular complexity index is 2050. The minimum atomic E-state index is -5.07. The topological polar surface area (TPSA) is 61.9 Å². The van der Waals surface area contributed by atoms with Crippen LogP contribution >= 0.6 is 15.2 Å². The van der Waals surface area contributed by atoms with Crippen molar-refractivity contribution in [3.8, 4) is 23.0 Å². The molecule has 0 saturated carbocycles. The molecule has 0 aliphatic carbocycles. The molecule has 3 aliphatic rings. The van der Waals surface area contributed by atoms with Crippen molar-refractivity contribution >= 4 is 38.1 Å². The van der Waals surface area contributed by atoms with Gasteiger partial charge in [0, 0.05) is 0 Å². The van der Waals surface area contributed by atoms with Gasteiger partial charge in [-0.2, -0.15) is 0 Å². The number of fused-ring (bicyclic) bond motifs is 2. The molecule has 0 radical (unpaired) electrons. The molecule has 0 unspecified atom stereocenters. The summed E-state index contributed by atoms with van der Waals surface area (Å²) in [5.41, 5.74) is 2.68. The summed E-state index contributed by atoms with van der Waals surface area (Å²) in [7, 11) is -10.1. The van der Waals surface area contributed by atoms with Gasteiger partial charge in [0.05, 0.1) is 0 Å². The van der Waals surface area contributed by atoms with Crippen LogP contribution < -0.4 is 27.0 Å². The van der Waals surface area contributed by atoms with Crippen LogP contribution in [0.15, 0.2) is 183 Å². The van der Waals surface area contributed by atoms with Crippen molar-refractivity contribution in [2.75, 3.05) is 8.88 Å². The van der Waals surface area contributed by atoms with Gasteiger partial charge in [-0.15, -0.1) is 0 Å². The van der Waals surface area contributed by atoms with E-state index in [1.807, 2.05) is 179 Å². The van der Waals surface area contributed by atoms with Crippen molar-refractivity contribution in [3.05, 3.63) is 194 Å². The van der Waals surface area contributed by atoms with Crippen LogP contribution in [0.4, 0.5) is 11.4 Å².